The van der Waals surface area contributed by atoms with Gasteiger partial charge in [0, 0.05) is 6.04 Å². The molecule has 16 heavy (non-hydrogen) atoms. The van der Waals surface area contributed by atoms with E-state index < -0.39 is 17.6 Å². The number of nitrogens with one attached hydrogen (secondary N) is 1. The summed E-state index contributed by atoms with van der Waals surface area (Å²) >= 11 is 0. The van der Waals surface area contributed by atoms with Crippen LogP contribution in [0.4, 0.5) is 17.6 Å². The molecule has 1 aromatic carbocycles. The smallest absolute Gasteiger partial charge is 0.310 e. The molecule has 1 aliphatic rings. The van der Waals surface area contributed by atoms with E-state index in [1.807, 2.05) is 0 Å². The van der Waals surface area contributed by atoms with Crippen molar-refractivity contribution in [1.82, 2.24) is 5.32 Å². The minimum atomic E-state index is -4.42. The summed E-state index contributed by atoms with van der Waals surface area (Å²) in [7, 11) is 0. The Bertz CT molecular complexity index is 374. The van der Waals surface area contributed by atoms with Crippen LogP contribution in [0, 0.1) is 5.82 Å². The van der Waals surface area contributed by atoms with Crippen LogP contribution < -0.4 is 5.32 Å². The SMILES string of the molecule is Cl.Fc1ccc(C(F)(F)F)c([C@H]2CCN2)c1. The van der Waals surface area contributed by atoms with Crippen LogP contribution in [0.25, 0.3) is 0 Å². The fourth-order valence-electron chi connectivity index (χ4n) is 1.63. The average molecular weight is 256 g/mol. The van der Waals surface area contributed by atoms with E-state index in [2.05, 4.69) is 5.32 Å². The number of hydrogen-bond donors (Lipinski definition) is 1. The second-order valence-corrected chi connectivity index (χ2v) is 3.52. The summed E-state index contributed by atoms with van der Waals surface area (Å²) in [6.45, 7) is 0.679. The normalized spacial score (nSPS) is 19.9. The monoisotopic (exact) mass is 255 g/mol. The highest BCUT2D eigenvalue weighted by molar-refractivity contribution is 5.85. The quantitative estimate of drug-likeness (QED) is 0.760. The number of rotatable bonds is 1. The zero-order valence-electron chi connectivity index (χ0n) is 8.14. The molecule has 1 aromatic rings. The van der Waals surface area contributed by atoms with E-state index in [1.54, 1.807) is 0 Å². The van der Waals surface area contributed by atoms with Crippen LogP contribution in [0.2, 0.25) is 0 Å². The van der Waals surface area contributed by atoms with E-state index in [4.69, 9.17) is 0 Å². The third kappa shape index (κ3) is 2.47. The van der Waals surface area contributed by atoms with Gasteiger partial charge >= 0.3 is 6.18 Å². The summed E-state index contributed by atoms with van der Waals surface area (Å²) in [4.78, 5) is 0. The lowest BCUT2D eigenvalue weighted by molar-refractivity contribution is -0.138. The van der Waals surface area contributed by atoms with Gasteiger partial charge in [-0.15, -0.1) is 12.4 Å². The molecular formula is C10H10ClF4N. The Morgan fingerprint density at radius 2 is 1.88 bits per heavy atom. The molecule has 0 amide bonds. The molecule has 2 rings (SSSR count). The van der Waals surface area contributed by atoms with Crippen LogP contribution in [-0.2, 0) is 6.18 Å². The van der Waals surface area contributed by atoms with E-state index in [0.29, 0.717) is 13.0 Å². The number of benzene rings is 1. The Kier molecular flexibility index (Phi) is 3.80. The third-order valence-corrected chi connectivity index (χ3v) is 2.52. The van der Waals surface area contributed by atoms with Crippen molar-refractivity contribution in [3.05, 3.63) is 35.1 Å². The van der Waals surface area contributed by atoms with Crippen LogP contribution in [0.5, 0.6) is 0 Å². The molecule has 0 radical (unpaired) electrons. The summed E-state index contributed by atoms with van der Waals surface area (Å²) in [6, 6.07) is 2.23. The summed E-state index contributed by atoms with van der Waals surface area (Å²) in [5.41, 5.74) is -0.741. The molecule has 1 fully saturated rings. The second kappa shape index (κ2) is 4.59. The van der Waals surface area contributed by atoms with Crippen LogP contribution >= 0.6 is 12.4 Å². The standard InChI is InChI=1S/C10H9F4N.ClH/c11-6-1-2-8(10(12,13)14)7(5-6)9-3-4-15-9;/h1-2,5,9,15H,3-4H2;1H/t9-;/m1./s1. The maximum atomic E-state index is 12.9. The van der Waals surface area contributed by atoms with E-state index in [9.17, 15) is 17.6 Å². The first kappa shape index (κ1) is 13.3. The molecule has 90 valence electrons. The van der Waals surface area contributed by atoms with E-state index in [0.717, 1.165) is 18.2 Å². The summed E-state index contributed by atoms with van der Waals surface area (Å²) in [5, 5.41) is 2.83. The molecule has 1 N–H and O–H groups in total. The largest absolute Gasteiger partial charge is 0.416 e. The van der Waals surface area contributed by atoms with Crippen molar-refractivity contribution in [2.75, 3.05) is 6.54 Å². The lowest BCUT2D eigenvalue weighted by Crippen LogP contribution is -2.36. The highest BCUT2D eigenvalue weighted by atomic mass is 35.5. The maximum Gasteiger partial charge on any atom is 0.416 e. The fourth-order valence-corrected chi connectivity index (χ4v) is 1.63. The van der Waals surface area contributed by atoms with Gasteiger partial charge < -0.3 is 5.32 Å². The molecule has 0 unspecified atom stereocenters. The molecule has 0 bridgehead atoms. The topological polar surface area (TPSA) is 12.0 Å². The summed E-state index contributed by atoms with van der Waals surface area (Å²) < 4.78 is 50.5. The Morgan fingerprint density at radius 3 is 2.31 bits per heavy atom. The van der Waals surface area contributed by atoms with Crippen molar-refractivity contribution in [1.29, 1.82) is 0 Å². The molecule has 1 aliphatic heterocycles. The lowest BCUT2D eigenvalue weighted by Gasteiger charge is -2.30. The van der Waals surface area contributed by atoms with Crippen LogP contribution in [0.3, 0.4) is 0 Å². The number of hydrogen-bond acceptors (Lipinski definition) is 1. The first-order chi connectivity index (χ1) is 6.98. The maximum absolute atomic E-state index is 12.9. The zero-order valence-corrected chi connectivity index (χ0v) is 8.96. The summed E-state index contributed by atoms with van der Waals surface area (Å²) in [6.07, 6.45) is -3.80. The zero-order chi connectivity index (χ0) is 11.1. The highest BCUT2D eigenvalue weighted by Crippen LogP contribution is 2.37. The van der Waals surface area contributed by atoms with Crippen LogP contribution in [0.15, 0.2) is 18.2 Å². The molecule has 1 atom stereocenters. The third-order valence-electron chi connectivity index (χ3n) is 2.52. The van der Waals surface area contributed by atoms with Gasteiger partial charge in [-0.05, 0) is 36.7 Å². The van der Waals surface area contributed by atoms with Crippen molar-refractivity contribution in [3.63, 3.8) is 0 Å². The lowest BCUT2D eigenvalue weighted by atomic mass is 9.93. The number of halogens is 5. The van der Waals surface area contributed by atoms with Gasteiger partial charge in [-0.25, -0.2) is 4.39 Å². The Morgan fingerprint density at radius 1 is 1.25 bits per heavy atom. The molecule has 1 heterocycles. The number of alkyl halides is 3. The molecule has 0 saturated carbocycles. The van der Waals surface area contributed by atoms with Gasteiger partial charge in [0.25, 0.3) is 0 Å². The Labute approximate surface area is 96.3 Å². The highest BCUT2D eigenvalue weighted by Gasteiger charge is 2.36. The predicted molar refractivity (Wildman–Crippen MR) is 54.0 cm³/mol. The summed E-state index contributed by atoms with van der Waals surface area (Å²) in [5.74, 6) is -0.633. The molecule has 1 saturated heterocycles. The first-order valence-corrected chi connectivity index (χ1v) is 4.58. The van der Waals surface area contributed by atoms with Crippen molar-refractivity contribution in [2.45, 2.75) is 18.6 Å². The molecule has 1 nitrogen and oxygen atoms in total. The second-order valence-electron chi connectivity index (χ2n) is 3.52. The van der Waals surface area contributed by atoms with Gasteiger partial charge in [0.05, 0.1) is 5.56 Å². The predicted octanol–water partition coefficient (Wildman–Crippen LogP) is 3.30. The van der Waals surface area contributed by atoms with Gasteiger partial charge in [0.1, 0.15) is 5.82 Å². The van der Waals surface area contributed by atoms with E-state index in [1.165, 1.54) is 0 Å². The van der Waals surface area contributed by atoms with Crippen LogP contribution in [0.1, 0.15) is 23.6 Å². The van der Waals surface area contributed by atoms with Gasteiger partial charge in [-0.3, -0.25) is 0 Å². The minimum absolute atomic E-state index is 0. The van der Waals surface area contributed by atoms with Crippen LogP contribution in [-0.4, -0.2) is 6.54 Å². The van der Waals surface area contributed by atoms with Gasteiger partial charge in [0.2, 0.25) is 0 Å². The Balaban J connectivity index is 0.00000128. The minimum Gasteiger partial charge on any atom is -0.310 e. The van der Waals surface area contributed by atoms with Crippen molar-refractivity contribution in [3.8, 4) is 0 Å². The van der Waals surface area contributed by atoms with E-state index >= 15 is 0 Å². The Hall–Kier alpha value is -0.810. The van der Waals surface area contributed by atoms with Crippen molar-refractivity contribution < 1.29 is 17.6 Å². The molecular weight excluding hydrogens is 246 g/mol. The van der Waals surface area contributed by atoms with Gasteiger partial charge in [-0.1, -0.05) is 0 Å². The molecule has 6 heteroatoms. The first-order valence-electron chi connectivity index (χ1n) is 4.58. The fraction of sp³-hybridized carbons (Fsp3) is 0.400. The van der Waals surface area contributed by atoms with Crippen molar-refractivity contribution >= 4 is 12.4 Å². The van der Waals surface area contributed by atoms with E-state index in [-0.39, 0.29) is 24.0 Å². The average Bonchev–Trinajstić information content (AvgIpc) is 1.98. The molecule has 0 spiro atoms. The van der Waals surface area contributed by atoms with Gasteiger partial charge in [-0.2, -0.15) is 13.2 Å². The van der Waals surface area contributed by atoms with Crippen molar-refractivity contribution in [2.24, 2.45) is 0 Å². The van der Waals surface area contributed by atoms with Gasteiger partial charge in [0.15, 0.2) is 0 Å². The molecule has 0 aromatic heterocycles. The molecule has 0 aliphatic carbocycles.